The van der Waals surface area contributed by atoms with Gasteiger partial charge in [-0.15, -0.1) is 0 Å². The summed E-state index contributed by atoms with van der Waals surface area (Å²) in [5.41, 5.74) is -4.62. The van der Waals surface area contributed by atoms with Crippen LogP contribution >= 0.6 is 0 Å². The van der Waals surface area contributed by atoms with Gasteiger partial charge in [-0.1, -0.05) is 0 Å². The fraction of sp³-hybridized carbons (Fsp3) is 0.500. The molecule has 11 heteroatoms. The van der Waals surface area contributed by atoms with Crippen LogP contribution in [0.3, 0.4) is 0 Å². The third-order valence-corrected chi connectivity index (χ3v) is 2.76. The predicted octanol–water partition coefficient (Wildman–Crippen LogP) is 4.18. The maximum absolute atomic E-state index is 12.6. The Kier molecular flexibility index (Phi) is 6.10. The van der Waals surface area contributed by atoms with Crippen LogP contribution in [0.4, 0.5) is 26.7 Å². The zero-order valence-electron chi connectivity index (χ0n) is 15.8. The van der Waals surface area contributed by atoms with Crippen molar-refractivity contribution >= 4 is 29.2 Å². The van der Waals surface area contributed by atoms with Crippen molar-refractivity contribution in [3.8, 4) is 0 Å². The highest BCUT2D eigenvalue weighted by Gasteiger charge is 2.41. The fourth-order valence-corrected chi connectivity index (χ4v) is 1.92. The minimum Gasteiger partial charge on any atom is -0.443 e. The number of carbonyl (C=O) groups excluding carboxylic acids is 2. The van der Waals surface area contributed by atoms with Crippen molar-refractivity contribution in [1.29, 1.82) is 0 Å². The fourth-order valence-electron chi connectivity index (χ4n) is 1.92. The molecule has 0 saturated heterocycles. The zero-order valence-corrected chi connectivity index (χ0v) is 15.8. The number of hydrogen-bond acceptors (Lipinski definition) is 8. The third-order valence-electron chi connectivity index (χ3n) is 2.76. The summed E-state index contributed by atoms with van der Waals surface area (Å²) >= 11 is 0. The summed E-state index contributed by atoms with van der Waals surface area (Å²) in [6.45, 7) is 9.04. The number of benzene rings is 1. The smallest absolute Gasteiger partial charge is 0.425 e. The average Bonchev–Trinajstić information content (AvgIpc) is 2.43. The molecule has 0 radical (unpaired) electrons. The molecule has 0 aliphatic carbocycles. The van der Waals surface area contributed by atoms with Crippen LogP contribution in [-0.2, 0) is 9.47 Å². The van der Waals surface area contributed by atoms with Crippen molar-refractivity contribution in [1.82, 2.24) is 0 Å². The van der Waals surface area contributed by atoms with E-state index >= 15 is 0 Å². The van der Waals surface area contributed by atoms with Gasteiger partial charge >= 0.3 is 23.6 Å². The molecule has 0 saturated carbocycles. The Labute approximate surface area is 155 Å². The molecule has 0 aromatic heterocycles. The van der Waals surface area contributed by atoms with Crippen LogP contribution in [0.2, 0.25) is 0 Å². The quantitative estimate of drug-likeness (QED) is 0.558. The van der Waals surface area contributed by atoms with Crippen LogP contribution in [-0.4, -0.2) is 33.2 Å². The molecule has 0 spiro atoms. The van der Waals surface area contributed by atoms with Crippen molar-refractivity contribution in [2.75, 3.05) is 4.90 Å². The van der Waals surface area contributed by atoms with Gasteiger partial charge in [0.1, 0.15) is 11.2 Å². The lowest BCUT2D eigenvalue weighted by Gasteiger charge is -2.28. The number of anilines is 1. The van der Waals surface area contributed by atoms with E-state index in [-0.39, 0.29) is 4.90 Å². The summed E-state index contributed by atoms with van der Waals surface area (Å²) in [5.74, 6) is 0. The molecule has 1 aromatic carbocycles. The first kappa shape index (κ1) is 21.8. The molecule has 0 fully saturated rings. The lowest BCUT2D eigenvalue weighted by molar-refractivity contribution is -0.392. The molecular formula is C16H21N3O8. The van der Waals surface area contributed by atoms with E-state index in [2.05, 4.69) is 0 Å². The number of nitro groups is 2. The molecule has 11 nitrogen and oxygen atoms in total. The molecule has 148 valence electrons. The van der Waals surface area contributed by atoms with E-state index in [9.17, 15) is 29.8 Å². The Morgan fingerprint density at radius 3 is 1.44 bits per heavy atom. The average molecular weight is 383 g/mol. The number of nitro benzene ring substituents is 2. The van der Waals surface area contributed by atoms with E-state index in [1.54, 1.807) is 0 Å². The van der Waals surface area contributed by atoms with Gasteiger partial charge in [0.15, 0.2) is 0 Å². The SMILES string of the molecule is CC(C)(C)OC(=O)N(C(=O)OC(C)(C)C)c1c([N+](=O)[O-])cccc1[N+](=O)[O-]. The van der Waals surface area contributed by atoms with Crippen molar-refractivity contribution < 1.29 is 28.9 Å². The number of nitrogens with zero attached hydrogens (tertiary/aromatic N) is 3. The first-order valence-corrected chi connectivity index (χ1v) is 7.82. The number of rotatable bonds is 3. The Morgan fingerprint density at radius 1 is 0.852 bits per heavy atom. The van der Waals surface area contributed by atoms with Crippen molar-refractivity contribution in [2.24, 2.45) is 0 Å². The molecule has 1 aromatic rings. The lowest BCUT2D eigenvalue weighted by Crippen LogP contribution is -2.44. The number of carbonyl (C=O) groups is 2. The maximum atomic E-state index is 12.6. The number of imide groups is 1. The van der Waals surface area contributed by atoms with E-state index in [0.717, 1.165) is 18.2 Å². The summed E-state index contributed by atoms with van der Waals surface area (Å²) in [7, 11) is 0. The molecule has 0 aliphatic heterocycles. The van der Waals surface area contributed by atoms with Gasteiger partial charge in [-0.25, -0.2) is 9.59 Å². The highest BCUT2D eigenvalue weighted by molar-refractivity contribution is 6.13. The van der Waals surface area contributed by atoms with Gasteiger partial charge < -0.3 is 9.47 Å². The van der Waals surface area contributed by atoms with Gasteiger partial charge in [-0.05, 0) is 47.6 Å². The molecule has 0 aliphatic rings. The summed E-state index contributed by atoms with van der Waals surface area (Å²) < 4.78 is 10.2. The van der Waals surface area contributed by atoms with E-state index in [1.807, 2.05) is 0 Å². The van der Waals surface area contributed by atoms with Crippen molar-refractivity contribution in [2.45, 2.75) is 52.7 Å². The highest BCUT2D eigenvalue weighted by atomic mass is 16.6. The zero-order chi connectivity index (χ0) is 21.2. The number of para-hydroxylation sites is 1. The van der Waals surface area contributed by atoms with Gasteiger partial charge in [0.2, 0.25) is 5.69 Å². The normalized spacial score (nSPS) is 11.5. The van der Waals surface area contributed by atoms with E-state index in [1.165, 1.54) is 41.5 Å². The monoisotopic (exact) mass is 383 g/mol. The molecule has 0 heterocycles. The summed E-state index contributed by atoms with van der Waals surface area (Å²) in [4.78, 5) is 46.2. The number of hydrogen-bond donors (Lipinski definition) is 0. The number of amides is 2. The van der Waals surface area contributed by atoms with Crippen molar-refractivity contribution in [3.63, 3.8) is 0 Å². The van der Waals surface area contributed by atoms with Gasteiger partial charge in [-0.3, -0.25) is 20.2 Å². The van der Waals surface area contributed by atoms with Gasteiger partial charge in [-0.2, -0.15) is 4.90 Å². The van der Waals surface area contributed by atoms with Crippen LogP contribution in [0.5, 0.6) is 0 Å². The molecule has 0 bridgehead atoms. The Balaban J connectivity index is 3.69. The summed E-state index contributed by atoms with van der Waals surface area (Å²) in [6.07, 6.45) is -2.68. The Hall–Kier alpha value is -3.24. The van der Waals surface area contributed by atoms with Crippen LogP contribution in [0.25, 0.3) is 0 Å². The highest BCUT2D eigenvalue weighted by Crippen LogP contribution is 2.38. The van der Waals surface area contributed by atoms with Crippen LogP contribution in [0.15, 0.2) is 18.2 Å². The van der Waals surface area contributed by atoms with Crippen molar-refractivity contribution in [3.05, 3.63) is 38.4 Å². The van der Waals surface area contributed by atoms with Gasteiger partial charge in [0.05, 0.1) is 9.85 Å². The van der Waals surface area contributed by atoms with E-state index < -0.39 is 50.3 Å². The largest absolute Gasteiger partial charge is 0.443 e. The second-order valence-electron chi connectivity index (χ2n) is 7.46. The van der Waals surface area contributed by atoms with Crippen LogP contribution < -0.4 is 4.90 Å². The molecule has 0 N–H and O–H groups in total. The molecule has 2 amide bonds. The molecule has 0 unspecified atom stereocenters. The summed E-state index contributed by atoms with van der Waals surface area (Å²) in [6, 6.07) is 2.94. The first-order valence-electron chi connectivity index (χ1n) is 7.82. The van der Waals surface area contributed by atoms with Crippen LogP contribution in [0.1, 0.15) is 41.5 Å². The maximum Gasteiger partial charge on any atom is 0.425 e. The van der Waals surface area contributed by atoms with Gasteiger partial charge in [0.25, 0.3) is 0 Å². The minimum atomic E-state index is -1.34. The molecular weight excluding hydrogens is 362 g/mol. The molecule has 27 heavy (non-hydrogen) atoms. The topological polar surface area (TPSA) is 142 Å². The van der Waals surface area contributed by atoms with Gasteiger partial charge in [0, 0.05) is 12.1 Å². The molecule has 0 atom stereocenters. The lowest BCUT2D eigenvalue weighted by atomic mass is 10.2. The Morgan fingerprint density at radius 2 is 1.19 bits per heavy atom. The van der Waals surface area contributed by atoms with E-state index in [4.69, 9.17) is 9.47 Å². The molecule has 1 rings (SSSR count). The second kappa shape index (κ2) is 7.56. The first-order chi connectivity index (χ1) is 12.1. The standard InChI is InChI=1S/C16H21N3O8/c1-15(2,3)26-13(20)17(14(21)27-16(4,5)6)12-10(18(22)23)8-7-9-11(12)19(24)25/h7-9H,1-6H3. The van der Waals surface area contributed by atoms with E-state index in [0.29, 0.717) is 0 Å². The third kappa shape index (κ3) is 5.90. The summed E-state index contributed by atoms with van der Waals surface area (Å²) in [5, 5.41) is 22.7. The second-order valence-corrected chi connectivity index (χ2v) is 7.46. The minimum absolute atomic E-state index is 0.173. The Bertz CT molecular complexity index is 717. The van der Waals surface area contributed by atoms with Crippen LogP contribution in [0, 0.1) is 20.2 Å². The number of ether oxygens (including phenoxy) is 2. The predicted molar refractivity (Wildman–Crippen MR) is 94.7 cm³/mol.